The van der Waals surface area contributed by atoms with E-state index in [0.717, 1.165) is 56.6 Å². The van der Waals surface area contributed by atoms with Gasteiger partial charge in [0.1, 0.15) is 11.5 Å². The van der Waals surface area contributed by atoms with Gasteiger partial charge in [-0.1, -0.05) is 19.9 Å². The van der Waals surface area contributed by atoms with E-state index in [1.54, 1.807) is 14.2 Å². The Morgan fingerprint density at radius 2 is 1.76 bits per heavy atom. The lowest BCUT2D eigenvalue weighted by atomic mass is 10.2. The molecular formula is C19H33N3O3. The quantitative estimate of drug-likeness (QED) is 0.344. The molecule has 0 bridgehead atoms. The van der Waals surface area contributed by atoms with Crippen molar-refractivity contribution in [1.29, 1.82) is 0 Å². The zero-order chi connectivity index (χ0) is 18.3. The molecule has 0 aliphatic heterocycles. The van der Waals surface area contributed by atoms with E-state index < -0.39 is 0 Å². The number of nitrogens with one attached hydrogen (secondary N) is 2. The van der Waals surface area contributed by atoms with Gasteiger partial charge in [0, 0.05) is 39.4 Å². The van der Waals surface area contributed by atoms with Crippen LogP contribution in [0.5, 0.6) is 11.5 Å². The fourth-order valence-corrected chi connectivity index (χ4v) is 2.08. The van der Waals surface area contributed by atoms with Crippen LogP contribution in [0.2, 0.25) is 0 Å². The number of nitrogens with zero attached hydrogens (tertiary/aromatic N) is 1. The molecule has 0 unspecified atom stereocenters. The van der Waals surface area contributed by atoms with E-state index >= 15 is 0 Å². The second-order valence-electron chi connectivity index (χ2n) is 6.13. The Labute approximate surface area is 152 Å². The van der Waals surface area contributed by atoms with Crippen molar-refractivity contribution in [3.05, 3.63) is 24.3 Å². The van der Waals surface area contributed by atoms with Gasteiger partial charge in [0.05, 0.1) is 13.7 Å². The van der Waals surface area contributed by atoms with E-state index in [0.29, 0.717) is 12.5 Å². The average molecular weight is 351 g/mol. The lowest BCUT2D eigenvalue weighted by Crippen LogP contribution is -2.38. The van der Waals surface area contributed by atoms with Crippen LogP contribution in [-0.2, 0) is 4.74 Å². The van der Waals surface area contributed by atoms with E-state index in [4.69, 9.17) is 14.2 Å². The maximum Gasteiger partial charge on any atom is 0.190 e. The maximum atomic E-state index is 5.71. The molecule has 0 aromatic heterocycles. The Balaban J connectivity index is 2.06. The van der Waals surface area contributed by atoms with Crippen molar-refractivity contribution in [1.82, 2.24) is 10.6 Å². The highest BCUT2D eigenvalue weighted by atomic mass is 16.5. The van der Waals surface area contributed by atoms with Crippen molar-refractivity contribution < 1.29 is 14.2 Å². The molecule has 0 aliphatic rings. The van der Waals surface area contributed by atoms with Crippen molar-refractivity contribution in [2.24, 2.45) is 10.9 Å². The van der Waals surface area contributed by atoms with Gasteiger partial charge in [0.25, 0.3) is 0 Å². The van der Waals surface area contributed by atoms with Crippen molar-refractivity contribution in [2.75, 3.05) is 47.1 Å². The smallest absolute Gasteiger partial charge is 0.190 e. The van der Waals surface area contributed by atoms with Crippen LogP contribution in [0.25, 0.3) is 0 Å². The largest absolute Gasteiger partial charge is 0.497 e. The zero-order valence-corrected chi connectivity index (χ0v) is 16.0. The molecule has 6 heteroatoms. The molecule has 0 amide bonds. The van der Waals surface area contributed by atoms with Crippen LogP contribution in [0.15, 0.2) is 29.3 Å². The summed E-state index contributed by atoms with van der Waals surface area (Å²) < 4.78 is 16.4. The number of hydrogen-bond donors (Lipinski definition) is 2. The van der Waals surface area contributed by atoms with Gasteiger partial charge in [0.15, 0.2) is 5.96 Å². The number of aliphatic imine (C=N–C) groups is 1. The molecule has 142 valence electrons. The first-order valence-electron chi connectivity index (χ1n) is 8.94. The number of guanidine groups is 1. The SMILES string of the molecule is CN=C(NCCCOCC(C)C)NCCCOc1cccc(OC)c1. The number of benzene rings is 1. The zero-order valence-electron chi connectivity index (χ0n) is 16.0. The molecular weight excluding hydrogens is 318 g/mol. The van der Waals surface area contributed by atoms with Crippen LogP contribution in [0.1, 0.15) is 26.7 Å². The van der Waals surface area contributed by atoms with E-state index in [-0.39, 0.29) is 0 Å². The summed E-state index contributed by atoms with van der Waals surface area (Å²) in [5, 5.41) is 6.56. The first-order chi connectivity index (χ1) is 12.2. The summed E-state index contributed by atoms with van der Waals surface area (Å²) in [6.45, 7) is 8.19. The number of ether oxygens (including phenoxy) is 3. The van der Waals surface area contributed by atoms with Gasteiger partial charge < -0.3 is 24.8 Å². The number of rotatable bonds is 12. The van der Waals surface area contributed by atoms with Gasteiger partial charge in [-0.05, 0) is 30.9 Å². The molecule has 0 radical (unpaired) electrons. The summed E-state index contributed by atoms with van der Waals surface area (Å²) in [7, 11) is 3.43. The van der Waals surface area contributed by atoms with Crippen molar-refractivity contribution in [3.63, 3.8) is 0 Å². The fourth-order valence-electron chi connectivity index (χ4n) is 2.08. The van der Waals surface area contributed by atoms with Crippen molar-refractivity contribution >= 4 is 5.96 Å². The number of hydrogen-bond acceptors (Lipinski definition) is 4. The Kier molecular flexibility index (Phi) is 11.3. The molecule has 0 aliphatic carbocycles. The summed E-state index contributed by atoms with van der Waals surface area (Å²) in [5.41, 5.74) is 0. The Hall–Kier alpha value is -1.95. The van der Waals surface area contributed by atoms with Crippen LogP contribution in [0, 0.1) is 5.92 Å². The van der Waals surface area contributed by atoms with Gasteiger partial charge in [-0.15, -0.1) is 0 Å². The maximum absolute atomic E-state index is 5.71. The van der Waals surface area contributed by atoms with Gasteiger partial charge in [-0.3, -0.25) is 4.99 Å². The molecule has 0 heterocycles. The summed E-state index contributed by atoms with van der Waals surface area (Å²) in [5.74, 6) is 3.02. The van der Waals surface area contributed by atoms with Crippen LogP contribution >= 0.6 is 0 Å². The minimum absolute atomic E-state index is 0.585. The Morgan fingerprint density at radius 3 is 2.40 bits per heavy atom. The molecule has 0 atom stereocenters. The second-order valence-corrected chi connectivity index (χ2v) is 6.13. The predicted octanol–water partition coefficient (Wildman–Crippen LogP) is 2.69. The van der Waals surface area contributed by atoms with E-state index in [9.17, 15) is 0 Å². The van der Waals surface area contributed by atoms with Gasteiger partial charge in [0.2, 0.25) is 0 Å². The molecule has 0 spiro atoms. The highest BCUT2D eigenvalue weighted by molar-refractivity contribution is 5.79. The minimum Gasteiger partial charge on any atom is -0.497 e. The third-order valence-corrected chi connectivity index (χ3v) is 3.36. The molecule has 0 fully saturated rings. The van der Waals surface area contributed by atoms with E-state index in [1.165, 1.54) is 0 Å². The summed E-state index contributed by atoms with van der Waals surface area (Å²) in [6.07, 6.45) is 1.85. The molecule has 0 saturated carbocycles. The summed E-state index contributed by atoms with van der Waals surface area (Å²) in [4.78, 5) is 4.21. The Morgan fingerprint density at radius 1 is 1.08 bits per heavy atom. The molecule has 2 N–H and O–H groups in total. The lowest BCUT2D eigenvalue weighted by Gasteiger charge is -2.13. The molecule has 1 aromatic rings. The monoisotopic (exact) mass is 351 g/mol. The van der Waals surface area contributed by atoms with Crippen LogP contribution in [0.3, 0.4) is 0 Å². The third-order valence-electron chi connectivity index (χ3n) is 3.36. The highest BCUT2D eigenvalue weighted by Gasteiger charge is 1.99. The lowest BCUT2D eigenvalue weighted by molar-refractivity contribution is 0.108. The normalized spacial score (nSPS) is 11.5. The van der Waals surface area contributed by atoms with Gasteiger partial charge in [-0.2, -0.15) is 0 Å². The standard InChI is InChI=1S/C19H33N3O3/c1-16(2)15-24-12-6-10-21-19(20-3)22-11-7-13-25-18-9-5-8-17(14-18)23-4/h5,8-9,14,16H,6-7,10-13,15H2,1-4H3,(H2,20,21,22). The summed E-state index contributed by atoms with van der Waals surface area (Å²) in [6, 6.07) is 7.63. The predicted molar refractivity (Wildman–Crippen MR) is 103 cm³/mol. The summed E-state index contributed by atoms with van der Waals surface area (Å²) >= 11 is 0. The third kappa shape index (κ3) is 10.5. The van der Waals surface area contributed by atoms with Crippen molar-refractivity contribution in [2.45, 2.75) is 26.7 Å². The minimum atomic E-state index is 0.585. The first-order valence-corrected chi connectivity index (χ1v) is 8.94. The first kappa shape index (κ1) is 21.1. The van der Waals surface area contributed by atoms with Crippen LogP contribution < -0.4 is 20.1 Å². The highest BCUT2D eigenvalue weighted by Crippen LogP contribution is 2.18. The second kappa shape index (κ2) is 13.4. The molecule has 6 nitrogen and oxygen atoms in total. The van der Waals surface area contributed by atoms with Crippen molar-refractivity contribution in [3.8, 4) is 11.5 Å². The molecule has 0 saturated heterocycles. The average Bonchev–Trinajstić information content (AvgIpc) is 2.62. The van der Waals surface area contributed by atoms with Crippen LogP contribution in [-0.4, -0.2) is 53.0 Å². The molecule has 1 rings (SSSR count). The van der Waals surface area contributed by atoms with Gasteiger partial charge >= 0.3 is 0 Å². The molecule has 25 heavy (non-hydrogen) atoms. The van der Waals surface area contributed by atoms with Crippen LogP contribution in [0.4, 0.5) is 0 Å². The molecule has 1 aromatic carbocycles. The van der Waals surface area contributed by atoms with E-state index in [1.807, 2.05) is 24.3 Å². The van der Waals surface area contributed by atoms with Gasteiger partial charge in [-0.25, -0.2) is 0 Å². The topological polar surface area (TPSA) is 64.1 Å². The Bertz CT molecular complexity index is 493. The van der Waals surface area contributed by atoms with E-state index in [2.05, 4.69) is 29.5 Å². The fraction of sp³-hybridized carbons (Fsp3) is 0.632. The number of methoxy groups -OCH3 is 1.